The van der Waals surface area contributed by atoms with Crippen molar-refractivity contribution in [3.8, 4) is 11.8 Å². The first-order chi connectivity index (χ1) is 16.3. The van der Waals surface area contributed by atoms with Crippen LogP contribution in [0.1, 0.15) is 39.3 Å². The van der Waals surface area contributed by atoms with Gasteiger partial charge < -0.3 is 24.5 Å². The molecule has 0 amide bonds. The number of benzene rings is 2. The predicted molar refractivity (Wildman–Crippen MR) is 133 cm³/mol. The van der Waals surface area contributed by atoms with E-state index in [1.807, 2.05) is 37.2 Å². The number of hydrogen-bond acceptors (Lipinski definition) is 5. The van der Waals surface area contributed by atoms with E-state index < -0.39 is 5.82 Å². The number of rotatable bonds is 4. The number of piperazine rings is 1. The number of nitrogens with one attached hydrogen (secondary N) is 2. The molecule has 176 valence electrons. The molecule has 4 aromatic rings. The van der Waals surface area contributed by atoms with Crippen LogP contribution in [-0.4, -0.2) is 41.8 Å². The highest BCUT2D eigenvalue weighted by atomic mass is 19.1. The van der Waals surface area contributed by atoms with E-state index in [1.165, 1.54) is 0 Å². The average Bonchev–Trinajstić information content (AvgIpc) is 3.18. The van der Waals surface area contributed by atoms with E-state index in [0.29, 0.717) is 57.4 Å². The zero-order chi connectivity index (χ0) is 24.1. The number of aromatic nitrogens is 2. The van der Waals surface area contributed by atoms with E-state index in [9.17, 15) is 10.1 Å². The third-order valence-corrected chi connectivity index (χ3v) is 6.35. The second kappa shape index (κ2) is 8.33. The molecule has 2 aromatic heterocycles. The van der Waals surface area contributed by atoms with Gasteiger partial charge in [0, 0.05) is 43.1 Å². The van der Waals surface area contributed by atoms with Crippen LogP contribution in [-0.2, 0) is 0 Å². The Balaban J connectivity index is 1.95. The van der Waals surface area contributed by atoms with E-state index in [0.717, 1.165) is 13.1 Å². The fraction of sp³-hybridized carbons (Fsp3) is 0.385. The molecule has 0 unspecified atom stereocenters. The maximum atomic E-state index is 16.5. The summed E-state index contributed by atoms with van der Waals surface area (Å²) in [5, 5.41) is 14.1. The molecule has 8 heteroatoms. The van der Waals surface area contributed by atoms with Gasteiger partial charge in [0.1, 0.15) is 17.1 Å². The normalized spacial score (nSPS) is 14.6. The van der Waals surface area contributed by atoms with Crippen LogP contribution in [0.4, 0.5) is 10.1 Å². The molecule has 0 bridgehead atoms. The lowest BCUT2D eigenvalue weighted by molar-refractivity contribution is 0.242. The zero-order valence-electron chi connectivity index (χ0n) is 19.8. The van der Waals surface area contributed by atoms with Crippen molar-refractivity contribution in [1.82, 2.24) is 14.9 Å². The van der Waals surface area contributed by atoms with Gasteiger partial charge in [-0.15, -0.1) is 0 Å². The third-order valence-electron chi connectivity index (χ3n) is 6.35. The molecular formula is C26H28FN5O2. The summed E-state index contributed by atoms with van der Waals surface area (Å²) in [7, 11) is 0. The number of aromatic amines is 1. The van der Waals surface area contributed by atoms with Gasteiger partial charge in [-0.3, -0.25) is 4.79 Å². The molecule has 5 rings (SSSR count). The van der Waals surface area contributed by atoms with Crippen LogP contribution < -0.4 is 20.4 Å². The Hall–Kier alpha value is -3.57. The fourth-order valence-corrected chi connectivity index (χ4v) is 4.97. The Morgan fingerprint density at radius 3 is 2.50 bits per heavy atom. The van der Waals surface area contributed by atoms with Crippen LogP contribution in [0.5, 0.6) is 5.75 Å². The van der Waals surface area contributed by atoms with Gasteiger partial charge in [0.15, 0.2) is 11.2 Å². The van der Waals surface area contributed by atoms with Crippen molar-refractivity contribution in [2.24, 2.45) is 0 Å². The summed E-state index contributed by atoms with van der Waals surface area (Å²) in [5.41, 5.74) is 2.14. The van der Waals surface area contributed by atoms with Gasteiger partial charge >= 0.3 is 0 Å². The van der Waals surface area contributed by atoms with Gasteiger partial charge in [-0.25, -0.2) is 4.39 Å². The van der Waals surface area contributed by atoms with E-state index in [4.69, 9.17) is 4.74 Å². The molecule has 0 aliphatic carbocycles. The van der Waals surface area contributed by atoms with Crippen molar-refractivity contribution in [1.29, 1.82) is 5.26 Å². The van der Waals surface area contributed by atoms with Gasteiger partial charge in [0.2, 0.25) is 0 Å². The van der Waals surface area contributed by atoms with E-state index in [2.05, 4.69) is 16.4 Å². The molecule has 7 nitrogen and oxygen atoms in total. The number of nitriles is 1. The summed E-state index contributed by atoms with van der Waals surface area (Å²) >= 11 is 0. The van der Waals surface area contributed by atoms with Crippen LogP contribution in [0.15, 0.2) is 29.1 Å². The number of H-pyrrole nitrogens is 1. The second-order valence-corrected chi connectivity index (χ2v) is 9.35. The number of hydrogen-bond donors (Lipinski definition) is 2. The minimum atomic E-state index is -0.445. The molecule has 2 N–H and O–H groups in total. The van der Waals surface area contributed by atoms with Crippen molar-refractivity contribution in [3.63, 3.8) is 0 Å². The monoisotopic (exact) mass is 461 g/mol. The maximum absolute atomic E-state index is 16.5. The van der Waals surface area contributed by atoms with Gasteiger partial charge in [-0.2, -0.15) is 5.26 Å². The summed E-state index contributed by atoms with van der Waals surface area (Å²) in [6, 6.07) is 8.91. The minimum Gasteiger partial charge on any atom is -0.489 e. The number of fused-ring (bicyclic) bond motifs is 4. The van der Waals surface area contributed by atoms with Crippen LogP contribution in [0.2, 0.25) is 0 Å². The number of anilines is 1. The van der Waals surface area contributed by atoms with Crippen LogP contribution >= 0.6 is 0 Å². The number of pyridine rings is 1. The minimum absolute atomic E-state index is 0.128. The molecule has 1 fully saturated rings. The molecule has 0 radical (unpaired) electrons. The Kier molecular flexibility index (Phi) is 5.45. The standard InChI is InChI=1S/C26H28FN5O2/c1-14(2)32-23-18(25(33)21-17-6-5-16(13-28)11-19(17)30-26(21)32)12-20(34-15(3)4)24(22(23)27)31-9-7-29-8-10-31/h5-6,11-12,14-15,29-30H,7-10H2,1-4H3. The molecular weight excluding hydrogens is 433 g/mol. The lowest BCUT2D eigenvalue weighted by atomic mass is 10.1. The Morgan fingerprint density at radius 1 is 1.12 bits per heavy atom. The molecule has 1 saturated heterocycles. The van der Waals surface area contributed by atoms with Crippen LogP contribution in [0.3, 0.4) is 0 Å². The van der Waals surface area contributed by atoms with Gasteiger partial charge in [0.05, 0.1) is 34.0 Å². The second-order valence-electron chi connectivity index (χ2n) is 9.35. The molecule has 34 heavy (non-hydrogen) atoms. The van der Waals surface area contributed by atoms with E-state index in [1.54, 1.807) is 24.3 Å². The molecule has 1 aliphatic heterocycles. The van der Waals surface area contributed by atoms with Gasteiger partial charge in [-0.05, 0) is 45.9 Å². The quantitative estimate of drug-likeness (QED) is 0.470. The maximum Gasteiger partial charge on any atom is 0.199 e. The summed E-state index contributed by atoms with van der Waals surface area (Å²) in [6.45, 7) is 10.5. The van der Waals surface area contributed by atoms with E-state index >= 15 is 4.39 Å². The smallest absolute Gasteiger partial charge is 0.199 e. The molecule has 2 aromatic carbocycles. The highest BCUT2D eigenvalue weighted by Gasteiger charge is 2.28. The molecule has 3 heterocycles. The summed E-state index contributed by atoms with van der Waals surface area (Å²) in [6.07, 6.45) is -0.174. The fourth-order valence-electron chi connectivity index (χ4n) is 4.97. The molecule has 0 spiro atoms. The Labute approximate surface area is 196 Å². The Bertz CT molecular complexity index is 1520. The highest BCUT2D eigenvalue weighted by Crippen LogP contribution is 2.40. The summed E-state index contributed by atoms with van der Waals surface area (Å²) in [4.78, 5) is 19.1. The lowest BCUT2D eigenvalue weighted by Gasteiger charge is -2.32. The third kappa shape index (κ3) is 3.39. The van der Waals surface area contributed by atoms with Crippen molar-refractivity contribution in [2.75, 3.05) is 31.1 Å². The first kappa shape index (κ1) is 22.2. The average molecular weight is 462 g/mol. The summed E-state index contributed by atoms with van der Waals surface area (Å²) in [5.74, 6) is -0.0561. The first-order valence-corrected chi connectivity index (χ1v) is 11.7. The lowest BCUT2D eigenvalue weighted by Crippen LogP contribution is -2.44. The number of halogens is 1. The van der Waals surface area contributed by atoms with Gasteiger partial charge in [-0.1, -0.05) is 6.07 Å². The van der Waals surface area contributed by atoms with Crippen molar-refractivity contribution < 1.29 is 9.13 Å². The molecule has 1 aliphatic rings. The first-order valence-electron chi connectivity index (χ1n) is 11.7. The highest BCUT2D eigenvalue weighted by molar-refractivity contribution is 6.10. The predicted octanol–water partition coefficient (Wildman–Crippen LogP) is 4.42. The number of nitrogens with zero attached hydrogens (tertiary/aromatic N) is 3. The van der Waals surface area contributed by atoms with Crippen molar-refractivity contribution in [2.45, 2.75) is 39.8 Å². The van der Waals surface area contributed by atoms with Gasteiger partial charge in [0.25, 0.3) is 0 Å². The topological polar surface area (TPSA) is 86.1 Å². The largest absolute Gasteiger partial charge is 0.489 e. The van der Waals surface area contributed by atoms with Crippen LogP contribution in [0.25, 0.3) is 32.8 Å². The van der Waals surface area contributed by atoms with Crippen molar-refractivity contribution in [3.05, 3.63) is 45.9 Å². The molecule has 0 saturated carbocycles. The summed E-state index contributed by atoms with van der Waals surface area (Å²) < 4.78 is 24.4. The molecule has 0 atom stereocenters. The van der Waals surface area contributed by atoms with Crippen LogP contribution in [0, 0.1) is 17.1 Å². The number of ether oxygens (including phenoxy) is 1. The van der Waals surface area contributed by atoms with Crippen molar-refractivity contribution >= 4 is 38.5 Å². The Morgan fingerprint density at radius 2 is 1.85 bits per heavy atom. The zero-order valence-corrected chi connectivity index (χ0v) is 19.8. The van der Waals surface area contributed by atoms with E-state index in [-0.39, 0.29) is 23.1 Å². The SMILES string of the molecule is CC(C)Oc1cc2c(=O)c3c4ccc(C#N)cc4[nH]c3n(C(C)C)c2c(F)c1N1CCNCC1.